The first kappa shape index (κ1) is 14.5. The molecule has 1 unspecified atom stereocenters. The lowest BCUT2D eigenvalue weighted by molar-refractivity contribution is -0.123. The second-order valence-electron chi connectivity index (χ2n) is 4.70. The highest BCUT2D eigenvalue weighted by molar-refractivity contribution is 6.01. The van der Waals surface area contributed by atoms with E-state index in [-0.39, 0.29) is 18.4 Å². The van der Waals surface area contributed by atoms with Crippen molar-refractivity contribution >= 4 is 17.5 Å². The molecule has 2 amide bonds. The second-order valence-corrected chi connectivity index (χ2v) is 4.70. The minimum atomic E-state index is -0.679. The number of anilines is 1. The highest BCUT2D eigenvalue weighted by Gasteiger charge is 2.26. The predicted molar refractivity (Wildman–Crippen MR) is 75.4 cm³/mol. The van der Waals surface area contributed by atoms with Gasteiger partial charge in [-0.1, -0.05) is 18.2 Å². The zero-order chi connectivity index (χ0) is 14.5. The number of methoxy groups -OCH3 is 1. The number of hydrogen-bond donors (Lipinski definition) is 2. The van der Waals surface area contributed by atoms with Gasteiger partial charge >= 0.3 is 0 Å². The normalized spacial score (nSPS) is 15.1. The van der Waals surface area contributed by atoms with Gasteiger partial charge in [0.05, 0.1) is 13.0 Å². The molecule has 1 aromatic carbocycles. The molecule has 1 aliphatic heterocycles. The van der Waals surface area contributed by atoms with Crippen LogP contribution >= 0.6 is 0 Å². The first-order valence-corrected chi connectivity index (χ1v) is 6.54. The third kappa shape index (κ3) is 3.15. The fourth-order valence-electron chi connectivity index (χ4n) is 2.24. The minimum absolute atomic E-state index is 0.0571. The molecule has 0 spiro atoms. The van der Waals surface area contributed by atoms with E-state index in [1.807, 2.05) is 24.3 Å². The van der Waals surface area contributed by atoms with E-state index < -0.39 is 6.04 Å². The maximum atomic E-state index is 11.9. The smallest absolute Gasteiger partial charge is 0.239 e. The van der Waals surface area contributed by atoms with Gasteiger partial charge in [-0.05, 0) is 11.6 Å². The lowest BCUT2D eigenvalue weighted by Crippen LogP contribution is -2.46. The van der Waals surface area contributed by atoms with Crippen LogP contribution in [0.2, 0.25) is 0 Å². The molecule has 0 saturated carbocycles. The summed E-state index contributed by atoms with van der Waals surface area (Å²) in [6, 6.07) is 7.00. The predicted octanol–water partition coefficient (Wildman–Crippen LogP) is -0.334. The Kier molecular flexibility index (Phi) is 4.70. The van der Waals surface area contributed by atoms with Gasteiger partial charge in [0.15, 0.2) is 0 Å². The van der Waals surface area contributed by atoms with Crippen LogP contribution in [0, 0.1) is 0 Å². The van der Waals surface area contributed by atoms with E-state index in [1.165, 1.54) is 7.11 Å². The summed E-state index contributed by atoms with van der Waals surface area (Å²) in [5.74, 6) is -0.214. The molecule has 0 aromatic heterocycles. The molecule has 1 heterocycles. The van der Waals surface area contributed by atoms with E-state index in [2.05, 4.69) is 5.32 Å². The number of hydrogen-bond acceptors (Lipinski definition) is 4. The number of amides is 2. The summed E-state index contributed by atoms with van der Waals surface area (Å²) in [6.45, 7) is 0.995. The monoisotopic (exact) mass is 277 g/mol. The number of nitrogens with two attached hydrogens (primary N) is 1. The number of nitrogens with one attached hydrogen (secondary N) is 1. The summed E-state index contributed by atoms with van der Waals surface area (Å²) in [5.41, 5.74) is 7.56. The average molecular weight is 277 g/mol. The molecule has 3 N–H and O–H groups in total. The number of fused-ring (bicyclic) bond motifs is 1. The van der Waals surface area contributed by atoms with E-state index >= 15 is 0 Å². The Morgan fingerprint density at radius 1 is 1.50 bits per heavy atom. The van der Waals surface area contributed by atoms with Crippen LogP contribution in [0.5, 0.6) is 0 Å². The summed E-state index contributed by atoms with van der Waals surface area (Å²) in [4.78, 5) is 25.2. The van der Waals surface area contributed by atoms with Gasteiger partial charge < -0.3 is 20.7 Å². The Morgan fingerprint density at radius 2 is 2.25 bits per heavy atom. The Labute approximate surface area is 117 Å². The molecule has 20 heavy (non-hydrogen) atoms. The second kappa shape index (κ2) is 6.49. The van der Waals surface area contributed by atoms with Crippen LogP contribution in [-0.4, -0.2) is 44.7 Å². The van der Waals surface area contributed by atoms with Crippen LogP contribution in [0.3, 0.4) is 0 Å². The molecule has 0 saturated heterocycles. The molecular weight excluding hydrogens is 258 g/mol. The molecule has 6 heteroatoms. The number of benzene rings is 1. The standard InChI is InChI=1S/C14H19N3O3/c1-20-9-11(15)14(19)16-6-7-17-12-5-3-2-4-10(12)8-13(17)18/h2-5,11H,6-9,15H2,1H3,(H,16,19). The van der Waals surface area contributed by atoms with Gasteiger partial charge in [-0.15, -0.1) is 0 Å². The van der Waals surface area contributed by atoms with Crippen LogP contribution in [0.1, 0.15) is 5.56 Å². The van der Waals surface area contributed by atoms with Gasteiger partial charge in [0.2, 0.25) is 11.8 Å². The SMILES string of the molecule is COCC(N)C(=O)NCCN1C(=O)Cc2ccccc21. The van der Waals surface area contributed by atoms with Crippen molar-refractivity contribution in [3.63, 3.8) is 0 Å². The number of carbonyl (C=O) groups is 2. The third-order valence-corrected chi connectivity index (χ3v) is 3.24. The Morgan fingerprint density at radius 3 is 3.00 bits per heavy atom. The topological polar surface area (TPSA) is 84.7 Å². The molecule has 1 aliphatic rings. The van der Waals surface area contributed by atoms with E-state index in [1.54, 1.807) is 4.90 Å². The van der Waals surface area contributed by atoms with Gasteiger partial charge in [-0.2, -0.15) is 0 Å². The van der Waals surface area contributed by atoms with Crippen molar-refractivity contribution in [1.29, 1.82) is 0 Å². The maximum absolute atomic E-state index is 11.9. The summed E-state index contributed by atoms with van der Waals surface area (Å²) < 4.78 is 4.82. The molecule has 1 atom stereocenters. The fourth-order valence-corrected chi connectivity index (χ4v) is 2.24. The molecule has 6 nitrogen and oxygen atoms in total. The van der Waals surface area contributed by atoms with Crippen molar-refractivity contribution in [2.45, 2.75) is 12.5 Å². The first-order chi connectivity index (χ1) is 9.63. The van der Waals surface area contributed by atoms with Gasteiger partial charge in [0, 0.05) is 25.9 Å². The number of para-hydroxylation sites is 1. The number of ether oxygens (including phenoxy) is 1. The van der Waals surface area contributed by atoms with Gasteiger partial charge in [-0.25, -0.2) is 0 Å². The molecule has 1 aromatic rings. The first-order valence-electron chi connectivity index (χ1n) is 6.54. The van der Waals surface area contributed by atoms with E-state index in [9.17, 15) is 9.59 Å². The van der Waals surface area contributed by atoms with Crippen LogP contribution in [-0.2, 0) is 20.7 Å². The molecular formula is C14H19N3O3. The quantitative estimate of drug-likeness (QED) is 0.745. The Hall–Kier alpha value is -1.92. The van der Waals surface area contributed by atoms with Crippen molar-refractivity contribution in [2.75, 3.05) is 31.7 Å². The molecule has 0 bridgehead atoms. The largest absolute Gasteiger partial charge is 0.383 e. The van der Waals surface area contributed by atoms with Gasteiger partial charge in [-0.3, -0.25) is 9.59 Å². The summed E-state index contributed by atoms with van der Waals surface area (Å²) in [6.07, 6.45) is 0.424. The van der Waals surface area contributed by atoms with Crippen molar-refractivity contribution in [3.05, 3.63) is 29.8 Å². The molecule has 2 rings (SSSR count). The van der Waals surface area contributed by atoms with E-state index in [4.69, 9.17) is 10.5 Å². The Bertz CT molecular complexity index is 504. The van der Waals surface area contributed by atoms with Crippen LogP contribution in [0.25, 0.3) is 0 Å². The van der Waals surface area contributed by atoms with Gasteiger partial charge in [0.1, 0.15) is 6.04 Å². The highest BCUT2D eigenvalue weighted by Crippen LogP contribution is 2.27. The van der Waals surface area contributed by atoms with Gasteiger partial charge in [0.25, 0.3) is 0 Å². The summed E-state index contributed by atoms with van der Waals surface area (Å²) >= 11 is 0. The van der Waals surface area contributed by atoms with Crippen molar-refractivity contribution < 1.29 is 14.3 Å². The Balaban J connectivity index is 1.86. The van der Waals surface area contributed by atoms with Crippen molar-refractivity contribution in [3.8, 4) is 0 Å². The fraction of sp³-hybridized carbons (Fsp3) is 0.429. The average Bonchev–Trinajstić information content (AvgIpc) is 2.75. The third-order valence-electron chi connectivity index (χ3n) is 3.24. The molecule has 108 valence electrons. The lowest BCUT2D eigenvalue weighted by Gasteiger charge is -2.18. The minimum Gasteiger partial charge on any atom is -0.383 e. The van der Waals surface area contributed by atoms with Crippen molar-refractivity contribution in [1.82, 2.24) is 5.32 Å². The lowest BCUT2D eigenvalue weighted by atomic mass is 10.2. The van der Waals surface area contributed by atoms with E-state index in [0.717, 1.165) is 11.3 Å². The molecule has 0 fully saturated rings. The molecule has 0 radical (unpaired) electrons. The zero-order valence-corrected chi connectivity index (χ0v) is 11.5. The van der Waals surface area contributed by atoms with Crippen LogP contribution in [0.15, 0.2) is 24.3 Å². The molecule has 0 aliphatic carbocycles. The maximum Gasteiger partial charge on any atom is 0.239 e. The number of rotatable bonds is 6. The van der Waals surface area contributed by atoms with E-state index in [0.29, 0.717) is 19.5 Å². The van der Waals surface area contributed by atoms with Crippen molar-refractivity contribution in [2.24, 2.45) is 5.73 Å². The number of nitrogens with zero attached hydrogens (tertiary/aromatic N) is 1. The summed E-state index contributed by atoms with van der Waals surface area (Å²) in [5, 5.41) is 2.71. The summed E-state index contributed by atoms with van der Waals surface area (Å²) in [7, 11) is 1.49. The zero-order valence-electron chi connectivity index (χ0n) is 11.5. The van der Waals surface area contributed by atoms with Crippen LogP contribution < -0.4 is 16.0 Å². The number of carbonyl (C=O) groups excluding carboxylic acids is 2. The van der Waals surface area contributed by atoms with Crippen LogP contribution in [0.4, 0.5) is 5.69 Å². The highest BCUT2D eigenvalue weighted by atomic mass is 16.5.